The highest BCUT2D eigenvalue weighted by Crippen LogP contribution is 2.44. The molecule has 1 aliphatic rings. The van der Waals surface area contributed by atoms with Crippen molar-refractivity contribution in [2.45, 2.75) is 33.2 Å². The van der Waals surface area contributed by atoms with Crippen LogP contribution in [0.2, 0.25) is 5.02 Å². The van der Waals surface area contributed by atoms with Gasteiger partial charge >= 0.3 is 11.9 Å². The fraction of sp³-hybridized carbons (Fsp3) is 0.259. The first-order valence-electron chi connectivity index (χ1n) is 11.5. The molecule has 37 heavy (non-hydrogen) atoms. The first-order valence-corrected chi connectivity index (χ1v) is 12.7. The van der Waals surface area contributed by atoms with Crippen LogP contribution in [0.3, 0.4) is 0 Å². The smallest absolute Gasteiger partial charge is 0.350 e. The van der Waals surface area contributed by atoms with E-state index in [2.05, 4.69) is 4.98 Å². The predicted octanol–water partition coefficient (Wildman–Crippen LogP) is 5.62. The largest absolute Gasteiger partial charge is 0.507 e. The monoisotopic (exact) mass is 540 g/mol. The van der Waals surface area contributed by atoms with Crippen LogP contribution in [-0.2, 0) is 14.3 Å². The molecule has 0 saturated carbocycles. The van der Waals surface area contributed by atoms with Crippen molar-refractivity contribution >= 4 is 51.5 Å². The first-order chi connectivity index (χ1) is 17.7. The number of esters is 1. The highest BCUT2D eigenvalue weighted by atomic mass is 35.5. The minimum absolute atomic E-state index is 0.0925. The molecule has 1 N–H and O–H groups in total. The third-order valence-corrected chi connectivity index (χ3v) is 7.31. The number of aromatic nitrogens is 1. The number of rotatable bonds is 7. The number of halogens is 1. The minimum Gasteiger partial charge on any atom is -0.507 e. The van der Waals surface area contributed by atoms with Crippen molar-refractivity contribution < 1.29 is 29.0 Å². The van der Waals surface area contributed by atoms with Crippen LogP contribution in [0.15, 0.2) is 48.0 Å². The minimum atomic E-state index is -0.997. The number of hydrogen-bond donors (Lipinski definition) is 1. The molecule has 3 aromatic rings. The molecule has 0 spiro atoms. The maximum Gasteiger partial charge on any atom is 0.350 e. The zero-order valence-corrected chi connectivity index (χ0v) is 22.3. The van der Waals surface area contributed by atoms with Gasteiger partial charge in [-0.2, -0.15) is 0 Å². The normalized spacial score (nSPS) is 16.8. The van der Waals surface area contributed by atoms with Gasteiger partial charge in [-0.15, -0.1) is 0 Å². The van der Waals surface area contributed by atoms with Crippen LogP contribution in [0.25, 0.3) is 5.76 Å². The number of nitrogens with zero attached hydrogens (tertiary/aromatic N) is 2. The molecule has 8 nitrogen and oxygen atoms in total. The van der Waals surface area contributed by atoms with Crippen molar-refractivity contribution in [3.63, 3.8) is 0 Å². The molecule has 4 rings (SSSR count). The van der Waals surface area contributed by atoms with E-state index in [1.54, 1.807) is 56.3 Å². The second-order valence-corrected chi connectivity index (χ2v) is 9.86. The third-order valence-electron chi connectivity index (χ3n) is 5.92. The number of benzene rings is 2. The topological polar surface area (TPSA) is 106 Å². The van der Waals surface area contributed by atoms with E-state index in [9.17, 15) is 19.5 Å². The van der Waals surface area contributed by atoms with E-state index in [1.807, 2.05) is 6.92 Å². The second kappa shape index (κ2) is 10.7. The quantitative estimate of drug-likeness (QED) is 0.179. The van der Waals surface area contributed by atoms with Crippen LogP contribution in [0.5, 0.6) is 5.75 Å². The fourth-order valence-corrected chi connectivity index (χ4v) is 5.25. The Morgan fingerprint density at radius 2 is 1.86 bits per heavy atom. The van der Waals surface area contributed by atoms with Gasteiger partial charge < -0.3 is 14.6 Å². The molecule has 10 heteroatoms. The molecule has 1 aromatic heterocycles. The molecule has 1 saturated heterocycles. The summed E-state index contributed by atoms with van der Waals surface area (Å²) in [4.78, 5) is 44.7. The van der Waals surface area contributed by atoms with Gasteiger partial charge in [0.1, 0.15) is 16.4 Å². The summed E-state index contributed by atoms with van der Waals surface area (Å²) in [6, 6.07) is 10.8. The Bertz CT molecular complexity index is 1410. The van der Waals surface area contributed by atoms with Gasteiger partial charge in [-0.05, 0) is 61.7 Å². The Labute approximate surface area is 223 Å². The van der Waals surface area contributed by atoms with E-state index < -0.39 is 23.7 Å². The number of Topliss-reactive ketones (excluding diaryl/α,β-unsaturated/α-hetero) is 1. The Kier molecular flexibility index (Phi) is 7.65. The maximum absolute atomic E-state index is 13.4. The standard InChI is InChI=1S/C27H25ClN2O6S/c1-5-12-36-18-10-11-19(14(2)13-18)22(31)20-21(16-6-8-17(28)9-7-16)30(25(33)23(20)32)27-29-15(3)24(37-27)26(34)35-4/h6-11,13,21,31H,5,12H2,1-4H3/b22-20+. The van der Waals surface area contributed by atoms with Crippen molar-refractivity contribution in [3.05, 3.63) is 80.3 Å². The van der Waals surface area contributed by atoms with Crippen molar-refractivity contribution in [2.24, 2.45) is 0 Å². The molecule has 1 fully saturated rings. The number of anilines is 1. The summed E-state index contributed by atoms with van der Waals surface area (Å²) in [7, 11) is 1.25. The summed E-state index contributed by atoms with van der Waals surface area (Å²) in [5, 5.41) is 12.0. The van der Waals surface area contributed by atoms with Crippen LogP contribution in [0.4, 0.5) is 5.13 Å². The highest BCUT2D eigenvalue weighted by molar-refractivity contribution is 7.17. The summed E-state index contributed by atoms with van der Waals surface area (Å²) in [6.07, 6.45) is 0.846. The summed E-state index contributed by atoms with van der Waals surface area (Å²) >= 11 is 7.03. The van der Waals surface area contributed by atoms with E-state index in [0.29, 0.717) is 39.8 Å². The number of carbonyl (C=O) groups excluding carboxylic acids is 3. The average Bonchev–Trinajstić information content (AvgIpc) is 3.39. The molecule has 0 bridgehead atoms. The first kappa shape index (κ1) is 26.4. The maximum atomic E-state index is 13.4. The number of ketones is 1. The van der Waals surface area contributed by atoms with Crippen molar-refractivity contribution in [3.8, 4) is 5.75 Å². The summed E-state index contributed by atoms with van der Waals surface area (Å²) in [5.74, 6) is -2.01. The highest BCUT2D eigenvalue weighted by Gasteiger charge is 2.48. The number of aryl methyl sites for hydroxylation is 2. The van der Waals surface area contributed by atoms with Crippen LogP contribution >= 0.6 is 22.9 Å². The van der Waals surface area contributed by atoms with E-state index in [4.69, 9.17) is 21.1 Å². The number of amides is 1. The Morgan fingerprint density at radius 1 is 1.16 bits per heavy atom. The van der Waals surface area contributed by atoms with Crippen molar-refractivity contribution in [2.75, 3.05) is 18.6 Å². The summed E-state index contributed by atoms with van der Waals surface area (Å²) < 4.78 is 10.5. The molecule has 1 atom stereocenters. The summed E-state index contributed by atoms with van der Waals surface area (Å²) in [6.45, 7) is 5.95. The molecule has 0 aliphatic carbocycles. The fourth-order valence-electron chi connectivity index (χ4n) is 4.11. The molecule has 1 aliphatic heterocycles. The number of methoxy groups -OCH3 is 1. The van der Waals surface area contributed by atoms with Gasteiger partial charge in [0.15, 0.2) is 5.13 Å². The molecule has 2 heterocycles. The lowest BCUT2D eigenvalue weighted by atomic mass is 9.94. The summed E-state index contributed by atoms with van der Waals surface area (Å²) in [5.41, 5.74) is 1.88. The van der Waals surface area contributed by atoms with Gasteiger partial charge in [0.05, 0.1) is 31.0 Å². The van der Waals surface area contributed by atoms with Crippen LogP contribution < -0.4 is 9.64 Å². The Morgan fingerprint density at radius 3 is 2.49 bits per heavy atom. The van der Waals surface area contributed by atoms with Crippen molar-refractivity contribution in [1.29, 1.82) is 0 Å². The Balaban J connectivity index is 1.89. The lowest BCUT2D eigenvalue weighted by Gasteiger charge is -2.23. The molecule has 1 amide bonds. The SMILES string of the molecule is CCCOc1ccc(/C(O)=C2\C(=O)C(=O)N(c3nc(C)c(C(=O)OC)s3)C2c2ccc(Cl)cc2)c(C)c1. The van der Waals surface area contributed by atoms with Gasteiger partial charge in [-0.1, -0.05) is 42.0 Å². The van der Waals surface area contributed by atoms with Gasteiger partial charge in [0, 0.05) is 10.6 Å². The molecular weight excluding hydrogens is 516 g/mol. The molecule has 192 valence electrons. The molecule has 0 radical (unpaired) electrons. The van der Waals surface area contributed by atoms with E-state index >= 15 is 0 Å². The third kappa shape index (κ3) is 4.97. The number of aliphatic hydroxyl groups is 1. The van der Waals surface area contributed by atoms with Gasteiger partial charge in [0.25, 0.3) is 5.78 Å². The predicted molar refractivity (Wildman–Crippen MR) is 141 cm³/mol. The number of hydrogen-bond acceptors (Lipinski definition) is 8. The zero-order chi connectivity index (χ0) is 26.9. The van der Waals surface area contributed by atoms with Crippen molar-refractivity contribution in [1.82, 2.24) is 4.98 Å². The van der Waals surface area contributed by atoms with Gasteiger partial charge in [0.2, 0.25) is 0 Å². The van der Waals surface area contributed by atoms with E-state index in [-0.39, 0.29) is 21.3 Å². The van der Waals surface area contributed by atoms with Crippen LogP contribution in [0.1, 0.15) is 51.4 Å². The van der Waals surface area contributed by atoms with Crippen LogP contribution in [0, 0.1) is 13.8 Å². The second-order valence-electron chi connectivity index (χ2n) is 8.45. The molecule has 1 unspecified atom stereocenters. The van der Waals surface area contributed by atoms with E-state index in [1.165, 1.54) is 12.0 Å². The van der Waals surface area contributed by atoms with Gasteiger partial charge in [-0.3, -0.25) is 14.5 Å². The Hall–Kier alpha value is -3.69. The number of thiazole rings is 1. The van der Waals surface area contributed by atoms with E-state index in [0.717, 1.165) is 17.8 Å². The number of carbonyl (C=O) groups is 3. The number of ether oxygens (including phenoxy) is 2. The lowest BCUT2D eigenvalue weighted by molar-refractivity contribution is -0.132. The molecule has 2 aromatic carbocycles. The van der Waals surface area contributed by atoms with Crippen LogP contribution in [-0.4, -0.2) is 41.5 Å². The molecular formula is C27H25ClN2O6S. The zero-order valence-electron chi connectivity index (χ0n) is 20.7. The lowest BCUT2D eigenvalue weighted by Crippen LogP contribution is -2.29. The van der Waals surface area contributed by atoms with Gasteiger partial charge in [-0.25, -0.2) is 9.78 Å². The number of aliphatic hydroxyl groups excluding tert-OH is 1. The average molecular weight is 541 g/mol.